The lowest BCUT2D eigenvalue weighted by atomic mass is 9.80. The number of ether oxygens (including phenoxy) is 5. The highest BCUT2D eigenvalue weighted by atomic mass is 16.7. The molecule has 14 nitrogen and oxygen atoms in total. The highest BCUT2D eigenvalue weighted by Gasteiger charge is 2.55. The Bertz CT molecular complexity index is 1580. The van der Waals surface area contributed by atoms with Crippen LogP contribution in [0.15, 0.2) is 48.1 Å². The molecule has 1 aliphatic carbocycles. The fourth-order valence-electron chi connectivity index (χ4n) is 9.18. The van der Waals surface area contributed by atoms with Crippen molar-refractivity contribution >= 4 is 23.4 Å². The summed E-state index contributed by atoms with van der Waals surface area (Å²) in [5.41, 5.74) is 1.38. The maximum Gasteiger partial charge on any atom is 0.329 e. The maximum atomic E-state index is 14.3. The Morgan fingerprint density at radius 1 is 1.00 bits per heavy atom. The SMILES string of the molecule is C=CC[C@@H]1/C=C(\C)C[C@H](C)C[C@H](OC)[C@H]2O[C@](O)(C(=C)C[C@@H]2OC)C(=O)C(=O)N2CCCC[C@H]2C(=O)O[C@H](/C(C)=C/[C@@H]2CC[C@@H](O)[C@](O)(OC)C2)[C@H](C)[C@@H](O)CC1=O. The van der Waals surface area contributed by atoms with Gasteiger partial charge in [0.25, 0.3) is 17.5 Å². The molecule has 1 amide bonds. The molecule has 0 spiro atoms. The van der Waals surface area contributed by atoms with Crippen LogP contribution in [-0.2, 0) is 42.9 Å². The van der Waals surface area contributed by atoms with Gasteiger partial charge in [-0.25, -0.2) is 4.79 Å². The molecule has 2 saturated heterocycles. The number of aliphatic hydroxyl groups is 4. The summed E-state index contributed by atoms with van der Waals surface area (Å²) < 4.78 is 29.2. The Morgan fingerprint density at radius 2 is 1.69 bits per heavy atom. The number of carbonyl (C=O) groups is 4. The number of ketones is 2. The summed E-state index contributed by atoms with van der Waals surface area (Å²) in [5.74, 6) is -9.72. The lowest BCUT2D eigenvalue weighted by Crippen LogP contribution is -2.62. The first-order chi connectivity index (χ1) is 27.3. The molecule has 3 heterocycles. The van der Waals surface area contributed by atoms with E-state index in [2.05, 4.69) is 13.2 Å². The first-order valence-corrected chi connectivity index (χ1v) is 20.7. The minimum absolute atomic E-state index is 0.00405. The monoisotopic (exact) mass is 817 g/mol. The molecule has 4 N–H and O–H groups in total. The van der Waals surface area contributed by atoms with Crippen LogP contribution in [0.4, 0.5) is 0 Å². The van der Waals surface area contributed by atoms with Crippen molar-refractivity contribution in [1.82, 2.24) is 4.90 Å². The van der Waals surface area contributed by atoms with Crippen LogP contribution in [0.5, 0.6) is 0 Å². The van der Waals surface area contributed by atoms with Gasteiger partial charge in [0.15, 0.2) is 5.79 Å². The van der Waals surface area contributed by atoms with Gasteiger partial charge in [-0.15, -0.1) is 6.58 Å². The van der Waals surface area contributed by atoms with Crippen molar-refractivity contribution in [1.29, 1.82) is 0 Å². The molecule has 0 unspecified atom stereocenters. The zero-order valence-corrected chi connectivity index (χ0v) is 35.4. The summed E-state index contributed by atoms with van der Waals surface area (Å²) in [4.78, 5) is 57.6. The van der Waals surface area contributed by atoms with Crippen LogP contribution in [0.3, 0.4) is 0 Å². The fourth-order valence-corrected chi connectivity index (χ4v) is 9.18. The van der Waals surface area contributed by atoms with Crippen molar-refractivity contribution in [2.45, 2.75) is 153 Å². The highest BCUT2D eigenvalue weighted by Crippen LogP contribution is 2.39. The second-order valence-electron chi connectivity index (χ2n) is 17.1. The van der Waals surface area contributed by atoms with E-state index in [-0.39, 0.29) is 61.8 Å². The van der Waals surface area contributed by atoms with E-state index < -0.39 is 83.7 Å². The normalized spacial score (nSPS) is 40.5. The summed E-state index contributed by atoms with van der Waals surface area (Å²) in [6.07, 6.45) is 2.66. The molecule has 1 saturated carbocycles. The van der Waals surface area contributed by atoms with Crippen LogP contribution < -0.4 is 0 Å². The number of nitrogens with zero attached hydrogens (tertiary/aromatic N) is 1. The Labute approximate surface area is 343 Å². The molecule has 2 bridgehead atoms. The number of hydrogen-bond donors (Lipinski definition) is 4. The fraction of sp³-hybridized carbons (Fsp3) is 0.727. The molecule has 0 radical (unpaired) electrons. The van der Waals surface area contributed by atoms with Crippen molar-refractivity contribution < 1.29 is 63.3 Å². The van der Waals surface area contributed by atoms with Gasteiger partial charge in [-0.2, -0.15) is 0 Å². The van der Waals surface area contributed by atoms with Gasteiger partial charge in [-0.1, -0.05) is 44.2 Å². The molecular formula is C44H67NO13. The van der Waals surface area contributed by atoms with Crippen LogP contribution in [0.2, 0.25) is 0 Å². The van der Waals surface area contributed by atoms with Gasteiger partial charge in [0.05, 0.1) is 18.3 Å². The molecule has 3 aliphatic heterocycles. The number of cyclic esters (lactones) is 1. The number of hydrogen-bond acceptors (Lipinski definition) is 13. The van der Waals surface area contributed by atoms with Crippen LogP contribution in [0.1, 0.15) is 98.3 Å². The van der Waals surface area contributed by atoms with Crippen molar-refractivity contribution in [3.8, 4) is 0 Å². The molecule has 3 fully saturated rings. The summed E-state index contributed by atoms with van der Waals surface area (Å²) in [6.45, 7) is 15.1. The first kappa shape index (κ1) is 47.6. The van der Waals surface area contributed by atoms with Crippen LogP contribution in [-0.4, -0.2) is 131 Å². The number of Topliss-reactive ketones (excluding diaryl/α,β-unsaturated/α-hetero) is 2. The molecule has 13 atom stereocenters. The summed E-state index contributed by atoms with van der Waals surface area (Å²) in [7, 11) is 4.28. The van der Waals surface area contributed by atoms with E-state index >= 15 is 0 Å². The van der Waals surface area contributed by atoms with Crippen molar-refractivity contribution in [3.05, 3.63) is 48.1 Å². The average molecular weight is 818 g/mol. The van der Waals surface area contributed by atoms with Gasteiger partial charge in [0.2, 0.25) is 0 Å². The second kappa shape index (κ2) is 20.5. The minimum Gasteiger partial charge on any atom is -0.456 e. The highest BCUT2D eigenvalue weighted by molar-refractivity contribution is 6.39. The lowest BCUT2D eigenvalue weighted by Gasteiger charge is -2.45. The Balaban J connectivity index is 1.79. The summed E-state index contributed by atoms with van der Waals surface area (Å²) in [6, 6.07) is -1.22. The van der Waals surface area contributed by atoms with E-state index in [4.69, 9.17) is 23.7 Å². The number of piperidine rings is 1. The van der Waals surface area contributed by atoms with Gasteiger partial charge < -0.3 is 49.0 Å². The van der Waals surface area contributed by atoms with Gasteiger partial charge in [-0.3, -0.25) is 14.4 Å². The third-order valence-electron chi connectivity index (χ3n) is 12.7. The molecule has 0 aromatic heterocycles. The van der Waals surface area contributed by atoms with Crippen LogP contribution in [0.25, 0.3) is 0 Å². The zero-order valence-electron chi connectivity index (χ0n) is 35.4. The van der Waals surface area contributed by atoms with E-state index in [1.165, 1.54) is 21.3 Å². The molecule has 4 rings (SSSR count). The molecular weight excluding hydrogens is 750 g/mol. The Hall–Kier alpha value is -3.08. The van der Waals surface area contributed by atoms with Crippen molar-refractivity contribution in [2.75, 3.05) is 27.9 Å². The Kier molecular flexibility index (Phi) is 16.8. The van der Waals surface area contributed by atoms with E-state index in [0.717, 1.165) is 10.5 Å². The van der Waals surface area contributed by atoms with E-state index in [1.54, 1.807) is 19.9 Å². The molecule has 0 aromatic rings. The van der Waals surface area contributed by atoms with E-state index in [9.17, 15) is 39.6 Å². The molecule has 4 aliphatic rings. The molecule has 58 heavy (non-hydrogen) atoms. The number of carbonyl (C=O) groups excluding carboxylic acids is 4. The smallest absolute Gasteiger partial charge is 0.329 e. The lowest BCUT2D eigenvalue weighted by molar-refractivity contribution is -0.262. The number of esters is 1. The molecule has 326 valence electrons. The zero-order chi connectivity index (χ0) is 43.1. The summed E-state index contributed by atoms with van der Waals surface area (Å²) >= 11 is 0. The summed E-state index contributed by atoms with van der Waals surface area (Å²) in [5, 5.41) is 45.0. The number of rotatable bonds is 7. The van der Waals surface area contributed by atoms with Gasteiger partial charge in [-0.05, 0) is 88.2 Å². The first-order valence-electron chi connectivity index (χ1n) is 20.7. The van der Waals surface area contributed by atoms with E-state index in [0.29, 0.717) is 44.1 Å². The average Bonchev–Trinajstić information content (AvgIpc) is 3.19. The maximum absolute atomic E-state index is 14.3. The molecule has 14 heteroatoms. The van der Waals surface area contributed by atoms with Gasteiger partial charge >= 0.3 is 5.97 Å². The number of methoxy groups -OCH3 is 3. The number of fused-ring (bicyclic) bond motifs is 3. The number of aliphatic hydroxyl groups excluding tert-OH is 2. The van der Waals surface area contributed by atoms with Crippen molar-refractivity contribution in [3.63, 3.8) is 0 Å². The standard InChI is InChI=1S/C44H67NO13/c1-10-13-31-19-25(2)18-26(3)20-35(54-7)39-36(55-8)22-28(5)44(53,58-39)40(49)41(50)45-17-12-11-14-32(45)42(51)57-38(29(6)33(46)23-34(31)47)27(4)21-30-15-16-37(48)43(52,24-30)56-9/h10,19,21,26,29-33,35-39,46,48,52-53H,1,5,11-18,20,22-24H2,2-4,6-9H3/b25-19+,27-21+/t26-,29+,30-,31+,32-,33-,35-,36-,37+,38+,39+,43+,44+/m0/s1. The minimum atomic E-state index is -2.73. The number of allylic oxidation sites excluding steroid dienone is 4. The topological polar surface area (TPSA) is 199 Å². The van der Waals surface area contributed by atoms with Crippen LogP contribution in [0, 0.1) is 23.7 Å². The quantitative estimate of drug-likeness (QED) is 0.125. The second-order valence-corrected chi connectivity index (χ2v) is 17.1. The van der Waals surface area contributed by atoms with Gasteiger partial charge in [0.1, 0.15) is 30.1 Å². The van der Waals surface area contributed by atoms with Crippen molar-refractivity contribution in [2.24, 2.45) is 23.7 Å². The van der Waals surface area contributed by atoms with Crippen LogP contribution >= 0.6 is 0 Å². The predicted molar refractivity (Wildman–Crippen MR) is 214 cm³/mol. The van der Waals surface area contributed by atoms with Gasteiger partial charge in [0, 0.05) is 59.0 Å². The Morgan fingerprint density at radius 3 is 2.33 bits per heavy atom. The molecule has 0 aromatic carbocycles. The largest absolute Gasteiger partial charge is 0.456 e. The third kappa shape index (κ3) is 10.8. The number of amides is 1. The third-order valence-corrected chi connectivity index (χ3v) is 12.7. The van der Waals surface area contributed by atoms with E-state index in [1.807, 2.05) is 26.0 Å². The predicted octanol–water partition coefficient (Wildman–Crippen LogP) is 3.88.